The Labute approximate surface area is 74.6 Å². The number of hydrogen-bond acceptors (Lipinski definition) is 3. The van der Waals surface area contributed by atoms with Gasteiger partial charge in [-0.3, -0.25) is 4.79 Å². The number of furan rings is 1. The Hall–Kier alpha value is -1.77. The minimum Gasteiger partial charge on any atom is -0.504 e. The molecular formula is C10H8O3. The molecule has 0 saturated heterocycles. The maximum absolute atomic E-state index is 10.5. The zero-order valence-electron chi connectivity index (χ0n) is 7.07. The number of fused-ring (bicyclic) bond motifs is 1. The number of phenolic OH excluding ortho intramolecular Hbond substituents is 1. The molecule has 66 valence electrons. The van der Waals surface area contributed by atoms with Gasteiger partial charge in [0.05, 0.1) is 11.8 Å². The number of carbonyl (C=O) groups is 1. The van der Waals surface area contributed by atoms with E-state index in [1.54, 1.807) is 18.4 Å². The van der Waals surface area contributed by atoms with Crippen molar-refractivity contribution in [1.82, 2.24) is 0 Å². The van der Waals surface area contributed by atoms with Crippen LogP contribution in [0.15, 0.2) is 22.8 Å². The molecule has 0 atom stereocenters. The molecule has 0 bridgehead atoms. The molecule has 1 N–H and O–H groups in total. The van der Waals surface area contributed by atoms with Crippen molar-refractivity contribution in [2.45, 2.75) is 6.92 Å². The average Bonchev–Trinajstić information content (AvgIpc) is 2.50. The number of aromatic hydroxyl groups is 1. The first kappa shape index (κ1) is 7.86. The monoisotopic (exact) mass is 176 g/mol. The molecule has 1 heterocycles. The SMILES string of the molecule is Cc1coc2c(O)c(C=O)ccc12. The molecule has 0 aliphatic heterocycles. The molecule has 2 aromatic rings. The number of hydrogen-bond donors (Lipinski definition) is 1. The van der Waals surface area contributed by atoms with Crippen LogP contribution in [0.4, 0.5) is 0 Å². The maximum Gasteiger partial charge on any atom is 0.176 e. The zero-order valence-corrected chi connectivity index (χ0v) is 7.07. The van der Waals surface area contributed by atoms with Crippen molar-refractivity contribution in [1.29, 1.82) is 0 Å². The highest BCUT2D eigenvalue weighted by Crippen LogP contribution is 2.30. The maximum atomic E-state index is 10.5. The van der Waals surface area contributed by atoms with Gasteiger partial charge < -0.3 is 9.52 Å². The Morgan fingerprint density at radius 1 is 1.46 bits per heavy atom. The van der Waals surface area contributed by atoms with Crippen molar-refractivity contribution >= 4 is 17.3 Å². The number of benzene rings is 1. The number of carbonyl (C=O) groups excluding carboxylic acids is 1. The van der Waals surface area contributed by atoms with Gasteiger partial charge in [0.2, 0.25) is 0 Å². The molecule has 0 saturated carbocycles. The van der Waals surface area contributed by atoms with Gasteiger partial charge >= 0.3 is 0 Å². The van der Waals surface area contributed by atoms with Crippen molar-refractivity contribution in [3.63, 3.8) is 0 Å². The molecule has 0 aliphatic carbocycles. The Morgan fingerprint density at radius 3 is 2.92 bits per heavy atom. The smallest absolute Gasteiger partial charge is 0.176 e. The van der Waals surface area contributed by atoms with Gasteiger partial charge in [-0.1, -0.05) is 0 Å². The van der Waals surface area contributed by atoms with Crippen LogP contribution in [0.5, 0.6) is 5.75 Å². The Bertz CT molecular complexity index is 468. The van der Waals surface area contributed by atoms with Crippen molar-refractivity contribution in [3.05, 3.63) is 29.5 Å². The van der Waals surface area contributed by atoms with Crippen LogP contribution in [0.1, 0.15) is 15.9 Å². The van der Waals surface area contributed by atoms with E-state index >= 15 is 0 Å². The molecule has 0 unspecified atom stereocenters. The van der Waals surface area contributed by atoms with E-state index in [1.165, 1.54) is 0 Å². The summed E-state index contributed by atoms with van der Waals surface area (Å²) in [6.07, 6.45) is 2.16. The number of rotatable bonds is 1. The van der Waals surface area contributed by atoms with E-state index in [-0.39, 0.29) is 11.3 Å². The molecule has 0 fully saturated rings. The van der Waals surface area contributed by atoms with E-state index in [0.29, 0.717) is 11.9 Å². The topological polar surface area (TPSA) is 50.4 Å². The largest absolute Gasteiger partial charge is 0.504 e. The lowest BCUT2D eigenvalue weighted by Crippen LogP contribution is -1.80. The molecule has 0 amide bonds. The Balaban J connectivity index is 2.87. The van der Waals surface area contributed by atoms with E-state index < -0.39 is 0 Å². The molecular weight excluding hydrogens is 168 g/mol. The Morgan fingerprint density at radius 2 is 2.23 bits per heavy atom. The summed E-state index contributed by atoms with van der Waals surface area (Å²) in [6.45, 7) is 1.88. The normalized spacial score (nSPS) is 10.5. The van der Waals surface area contributed by atoms with Crippen molar-refractivity contribution in [2.75, 3.05) is 0 Å². The molecule has 0 radical (unpaired) electrons. The summed E-state index contributed by atoms with van der Waals surface area (Å²) < 4.78 is 5.11. The number of phenols is 1. The van der Waals surface area contributed by atoms with E-state index in [9.17, 15) is 9.90 Å². The second-order valence-electron chi connectivity index (χ2n) is 2.92. The summed E-state index contributed by atoms with van der Waals surface area (Å²) in [5, 5.41) is 10.4. The van der Waals surface area contributed by atoms with Crippen LogP contribution in [-0.4, -0.2) is 11.4 Å². The van der Waals surface area contributed by atoms with Gasteiger partial charge in [0.15, 0.2) is 17.6 Å². The van der Waals surface area contributed by atoms with Crippen LogP contribution >= 0.6 is 0 Å². The van der Waals surface area contributed by atoms with Crippen LogP contribution in [0.3, 0.4) is 0 Å². The van der Waals surface area contributed by atoms with Gasteiger partial charge in [-0.25, -0.2) is 0 Å². The summed E-state index contributed by atoms with van der Waals surface area (Å²) >= 11 is 0. The highest BCUT2D eigenvalue weighted by Gasteiger charge is 2.10. The lowest BCUT2D eigenvalue weighted by molar-refractivity contribution is 0.112. The molecule has 1 aromatic heterocycles. The third-order valence-corrected chi connectivity index (χ3v) is 2.07. The Kier molecular flexibility index (Phi) is 1.59. The highest BCUT2D eigenvalue weighted by atomic mass is 16.3. The first-order valence-electron chi connectivity index (χ1n) is 3.89. The summed E-state index contributed by atoms with van der Waals surface area (Å²) in [5.41, 5.74) is 1.58. The van der Waals surface area contributed by atoms with Crippen LogP contribution in [0, 0.1) is 6.92 Å². The zero-order chi connectivity index (χ0) is 9.42. The lowest BCUT2D eigenvalue weighted by atomic mass is 10.1. The van der Waals surface area contributed by atoms with Crippen molar-refractivity contribution in [3.8, 4) is 5.75 Å². The first-order valence-corrected chi connectivity index (χ1v) is 3.89. The van der Waals surface area contributed by atoms with Gasteiger partial charge in [0.25, 0.3) is 0 Å². The molecule has 3 nitrogen and oxygen atoms in total. The summed E-state index contributed by atoms with van der Waals surface area (Å²) in [6, 6.07) is 3.34. The number of aryl methyl sites for hydroxylation is 1. The summed E-state index contributed by atoms with van der Waals surface area (Å²) in [5.74, 6) is -0.0828. The summed E-state index contributed by atoms with van der Waals surface area (Å²) in [4.78, 5) is 10.5. The minimum atomic E-state index is -0.0828. The second kappa shape index (κ2) is 2.62. The van der Waals surface area contributed by atoms with E-state index in [4.69, 9.17) is 4.42 Å². The fraction of sp³-hybridized carbons (Fsp3) is 0.100. The van der Waals surface area contributed by atoms with Crippen LogP contribution in [0.2, 0.25) is 0 Å². The summed E-state index contributed by atoms with van der Waals surface area (Å²) in [7, 11) is 0. The van der Waals surface area contributed by atoms with Crippen molar-refractivity contribution < 1.29 is 14.3 Å². The van der Waals surface area contributed by atoms with Crippen molar-refractivity contribution in [2.24, 2.45) is 0 Å². The van der Waals surface area contributed by atoms with E-state index in [2.05, 4.69) is 0 Å². The predicted octanol–water partition coefficient (Wildman–Crippen LogP) is 2.26. The van der Waals surface area contributed by atoms with Gasteiger partial charge in [-0.2, -0.15) is 0 Å². The molecule has 0 aliphatic rings. The van der Waals surface area contributed by atoms with Crippen LogP contribution in [-0.2, 0) is 0 Å². The fourth-order valence-corrected chi connectivity index (χ4v) is 1.32. The van der Waals surface area contributed by atoms with Gasteiger partial charge in [-0.15, -0.1) is 0 Å². The fourth-order valence-electron chi connectivity index (χ4n) is 1.32. The number of aldehydes is 1. The molecule has 13 heavy (non-hydrogen) atoms. The van der Waals surface area contributed by atoms with E-state index in [0.717, 1.165) is 10.9 Å². The lowest BCUT2D eigenvalue weighted by Gasteiger charge is -1.96. The van der Waals surface area contributed by atoms with Gasteiger partial charge in [0, 0.05) is 5.39 Å². The molecule has 0 spiro atoms. The third kappa shape index (κ3) is 1.01. The average molecular weight is 176 g/mol. The predicted molar refractivity (Wildman–Crippen MR) is 48.0 cm³/mol. The van der Waals surface area contributed by atoms with Crippen LogP contribution < -0.4 is 0 Å². The molecule has 3 heteroatoms. The first-order chi connectivity index (χ1) is 6.24. The molecule has 1 aromatic carbocycles. The second-order valence-corrected chi connectivity index (χ2v) is 2.92. The standard InChI is InChI=1S/C10H8O3/c1-6-5-13-10-8(6)3-2-7(4-11)9(10)12/h2-5,12H,1H3. The van der Waals surface area contributed by atoms with Gasteiger partial charge in [-0.05, 0) is 24.6 Å². The van der Waals surface area contributed by atoms with Crippen LogP contribution in [0.25, 0.3) is 11.0 Å². The molecule has 2 rings (SSSR count). The van der Waals surface area contributed by atoms with Gasteiger partial charge in [0.1, 0.15) is 0 Å². The highest BCUT2D eigenvalue weighted by molar-refractivity contribution is 5.93. The van der Waals surface area contributed by atoms with E-state index in [1.807, 2.05) is 6.92 Å². The third-order valence-electron chi connectivity index (χ3n) is 2.07. The quantitative estimate of drug-likeness (QED) is 0.678. The minimum absolute atomic E-state index is 0.0828.